The molecule has 94 valence electrons. The van der Waals surface area contributed by atoms with E-state index in [1.54, 1.807) is 11.3 Å². The molecule has 0 spiro atoms. The van der Waals surface area contributed by atoms with Crippen molar-refractivity contribution in [3.05, 3.63) is 40.2 Å². The van der Waals surface area contributed by atoms with Gasteiger partial charge in [0, 0.05) is 34.0 Å². The minimum absolute atomic E-state index is 0.307. The highest BCUT2D eigenvalue weighted by atomic mass is 35.5. The Kier molecular flexibility index (Phi) is 2.85. The number of nitrogens with two attached hydrogens (primary N) is 1. The van der Waals surface area contributed by atoms with Crippen LogP contribution in [0.25, 0.3) is 10.4 Å². The molecule has 2 heterocycles. The lowest BCUT2D eigenvalue weighted by Crippen LogP contribution is -2.38. The van der Waals surface area contributed by atoms with Gasteiger partial charge in [-0.2, -0.15) is 0 Å². The summed E-state index contributed by atoms with van der Waals surface area (Å²) in [6.45, 7) is 2.54. The number of rotatable bonds is 2. The van der Waals surface area contributed by atoms with Gasteiger partial charge in [0.2, 0.25) is 0 Å². The molecule has 1 aliphatic rings. The van der Waals surface area contributed by atoms with Crippen LogP contribution in [0, 0.1) is 0 Å². The molecule has 2 aromatic rings. The van der Waals surface area contributed by atoms with Gasteiger partial charge in [-0.15, -0.1) is 11.3 Å². The van der Waals surface area contributed by atoms with Crippen LogP contribution in [-0.2, 0) is 6.42 Å². The quantitative estimate of drug-likeness (QED) is 0.909. The van der Waals surface area contributed by atoms with E-state index in [4.69, 9.17) is 22.1 Å². The SMILES string of the molecule is C[C@]1(CN)Cc2cc(Cl)cc(-c3cccs3)c2O1. The number of hydrogen-bond donors (Lipinski definition) is 1. The fraction of sp³-hybridized carbons (Fsp3) is 0.286. The predicted octanol–water partition coefficient (Wildman–Crippen LogP) is 3.72. The second kappa shape index (κ2) is 4.26. The van der Waals surface area contributed by atoms with Crippen LogP contribution in [0.5, 0.6) is 5.75 Å². The maximum Gasteiger partial charge on any atom is 0.132 e. The van der Waals surface area contributed by atoms with Crippen LogP contribution in [0.3, 0.4) is 0 Å². The van der Waals surface area contributed by atoms with Crippen molar-refractivity contribution in [2.24, 2.45) is 5.73 Å². The summed E-state index contributed by atoms with van der Waals surface area (Å²) in [5.74, 6) is 0.940. The summed E-state index contributed by atoms with van der Waals surface area (Å²) in [6.07, 6.45) is 0.817. The van der Waals surface area contributed by atoms with E-state index >= 15 is 0 Å². The van der Waals surface area contributed by atoms with Crippen LogP contribution in [0.4, 0.5) is 0 Å². The zero-order valence-corrected chi connectivity index (χ0v) is 11.6. The first-order valence-electron chi connectivity index (χ1n) is 5.87. The smallest absolute Gasteiger partial charge is 0.132 e. The zero-order valence-electron chi connectivity index (χ0n) is 10.1. The second-order valence-corrected chi connectivity index (χ2v) is 6.24. The van der Waals surface area contributed by atoms with E-state index in [1.807, 2.05) is 25.1 Å². The monoisotopic (exact) mass is 279 g/mol. The normalized spacial score (nSPS) is 21.7. The summed E-state index contributed by atoms with van der Waals surface area (Å²) in [4.78, 5) is 1.18. The number of ether oxygens (including phenoxy) is 1. The van der Waals surface area contributed by atoms with Crippen molar-refractivity contribution < 1.29 is 4.74 Å². The van der Waals surface area contributed by atoms with E-state index in [0.717, 1.165) is 28.3 Å². The van der Waals surface area contributed by atoms with Crippen molar-refractivity contribution in [2.45, 2.75) is 18.9 Å². The molecule has 1 atom stereocenters. The van der Waals surface area contributed by atoms with Gasteiger partial charge in [0.25, 0.3) is 0 Å². The number of fused-ring (bicyclic) bond motifs is 1. The third-order valence-electron chi connectivity index (χ3n) is 3.26. The lowest BCUT2D eigenvalue weighted by molar-refractivity contribution is 0.126. The molecule has 1 aliphatic heterocycles. The molecule has 0 fully saturated rings. The van der Waals surface area contributed by atoms with Gasteiger partial charge in [-0.05, 0) is 30.5 Å². The van der Waals surface area contributed by atoms with Crippen LogP contribution >= 0.6 is 22.9 Å². The van der Waals surface area contributed by atoms with E-state index in [2.05, 4.69) is 11.4 Å². The lowest BCUT2D eigenvalue weighted by atomic mass is 9.98. The van der Waals surface area contributed by atoms with Crippen molar-refractivity contribution in [1.82, 2.24) is 0 Å². The van der Waals surface area contributed by atoms with Crippen molar-refractivity contribution in [3.63, 3.8) is 0 Å². The van der Waals surface area contributed by atoms with E-state index in [0.29, 0.717) is 6.54 Å². The third-order valence-corrected chi connectivity index (χ3v) is 4.38. The van der Waals surface area contributed by atoms with Crippen LogP contribution in [0.1, 0.15) is 12.5 Å². The summed E-state index contributed by atoms with van der Waals surface area (Å²) >= 11 is 7.89. The standard InChI is InChI=1S/C14H14ClNOS/c1-14(8-16)7-9-5-10(15)6-11(13(9)17-14)12-3-2-4-18-12/h2-6H,7-8,16H2,1H3/t14-/m1/s1. The molecule has 0 bridgehead atoms. The highest BCUT2D eigenvalue weighted by Gasteiger charge is 2.35. The number of halogens is 1. The Labute approximate surface area is 115 Å². The Balaban J connectivity index is 2.14. The molecule has 2 N–H and O–H groups in total. The number of hydrogen-bond acceptors (Lipinski definition) is 3. The predicted molar refractivity (Wildman–Crippen MR) is 76.6 cm³/mol. The zero-order chi connectivity index (χ0) is 12.8. The summed E-state index contributed by atoms with van der Waals surface area (Å²) in [7, 11) is 0. The summed E-state index contributed by atoms with van der Waals surface area (Å²) in [6, 6.07) is 8.06. The molecule has 0 amide bonds. The van der Waals surface area contributed by atoms with Crippen LogP contribution in [-0.4, -0.2) is 12.1 Å². The number of thiophene rings is 1. The molecule has 0 unspecified atom stereocenters. The summed E-state index contributed by atoms with van der Waals surface area (Å²) in [5.41, 5.74) is 7.72. The molecule has 3 rings (SSSR count). The van der Waals surface area contributed by atoms with Crippen molar-refractivity contribution in [2.75, 3.05) is 6.54 Å². The molecular formula is C14H14ClNOS. The van der Waals surface area contributed by atoms with Gasteiger partial charge < -0.3 is 10.5 Å². The number of benzene rings is 1. The van der Waals surface area contributed by atoms with E-state index in [-0.39, 0.29) is 5.60 Å². The molecule has 0 saturated heterocycles. The second-order valence-electron chi connectivity index (χ2n) is 4.85. The Hall–Kier alpha value is -1.03. The Morgan fingerprint density at radius 2 is 2.33 bits per heavy atom. The summed E-state index contributed by atoms with van der Waals surface area (Å²) in [5, 5.41) is 2.81. The third kappa shape index (κ3) is 1.92. The molecule has 0 radical (unpaired) electrons. The fourth-order valence-corrected chi connectivity index (χ4v) is 3.30. The topological polar surface area (TPSA) is 35.2 Å². The Morgan fingerprint density at radius 1 is 1.50 bits per heavy atom. The highest BCUT2D eigenvalue weighted by Crippen LogP contribution is 2.45. The largest absolute Gasteiger partial charge is 0.485 e. The van der Waals surface area contributed by atoms with Gasteiger partial charge in [0.05, 0.1) is 0 Å². The van der Waals surface area contributed by atoms with Crippen LogP contribution in [0.2, 0.25) is 5.02 Å². The van der Waals surface area contributed by atoms with Gasteiger partial charge in [0.1, 0.15) is 11.4 Å². The molecule has 4 heteroatoms. The average Bonchev–Trinajstić information content (AvgIpc) is 2.95. The van der Waals surface area contributed by atoms with E-state index in [1.165, 1.54) is 4.88 Å². The van der Waals surface area contributed by atoms with E-state index in [9.17, 15) is 0 Å². The van der Waals surface area contributed by atoms with Crippen LogP contribution < -0.4 is 10.5 Å². The molecular weight excluding hydrogens is 266 g/mol. The Morgan fingerprint density at radius 3 is 3.00 bits per heavy atom. The first kappa shape index (κ1) is 12.0. The van der Waals surface area contributed by atoms with Crippen molar-refractivity contribution in [1.29, 1.82) is 0 Å². The van der Waals surface area contributed by atoms with Gasteiger partial charge >= 0.3 is 0 Å². The highest BCUT2D eigenvalue weighted by molar-refractivity contribution is 7.13. The molecule has 0 saturated carbocycles. The molecule has 2 nitrogen and oxygen atoms in total. The first-order valence-corrected chi connectivity index (χ1v) is 7.12. The van der Waals surface area contributed by atoms with Gasteiger partial charge in [0.15, 0.2) is 0 Å². The van der Waals surface area contributed by atoms with E-state index < -0.39 is 0 Å². The summed E-state index contributed by atoms with van der Waals surface area (Å²) < 4.78 is 6.08. The first-order chi connectivity index (χ1) is 8.61. The van der Waals surface area contributed by atoms with Crippen molar-refractivity contribution in [3.8, 4) is 16.2 Å². The maximum atomic E-state index is 6.20. The lowest BCUT2D eigenvalue weighted by Gasteiger charge is -2.21. The van der Waals surface area contributed by atoms with Crippen LogP contribution in [0.15, 0.2) is 29.6 Å². The minimum Gasteiger partial charge on any atom is -0.485 e. The molecule has 0 aliphatic carbocycles. The molecule has 1 aromatic heterocycles. The maximum absolute atomic E-state index is 6.20. The average molecular weight is 280 g/mol. The van der Waals surface area contributed by atoms with Gasteiger partial charge in [-0.3, -0.25) is 0 Å². The van der Waals surface area contributed by atoms with Gasteiger partial charge in [-0.25, -0.2) is 0 Å². The Bertz CT molecular complexity index is 582. The molecule has 1 aromatic carbocycles. The fourth-order valence-electron chi connectivity index (χ4n) is 2.32. The minimum atomic E-state index is -0.307. The van der Waals surface area contributed by atoms with Crippen molar-refractivity contribution >= 4 is 22.9 Å². The molecule has 18 heavy (non-hydrogen) atoms. The van der Waals surface area contributed by atoms with Gasteiger partial charge in [-0.1, -0.05) is 17.7 Å².